The number of likely N-dealkylation sites (tertiary alicyclic amines) is 1. The summed E-state index contributed by atoms with van der Waals surface area (Å²) in [6.07, 6.45) is 0.704. The van der Waals surface area contributed by atoms with Crippen molar-refractivity contribution in [2.75, 3.05) is 13.2 Å². The second-order valence-corrected chi connectivity index (χ2v) is 9.30. The maximum Gasteiger partial charge on any atom is 0.326 e. The quantitative estimate of drug-likeness (QED) is 0.126. The molecule has 0 radical (unpaired) electrons. The minimum absolute atomic E-state index is 0.147. The van der Waals surface area contributed by atoms with Crippen molar-refractivity contribution >= 4 is 35.5 Å². The summed E-state index contributed by atoms with van der Waals surface area (Å²) in [4.78, 5) is 74.0. The number of primary amides is 1. The van der Waals surface area contributed by atoms with E-state index in [1.54, 1.807) is 0 Å². The van der Waals surface area contributed by atoms with Crippen molar-refractivity contribution in [2.24, 2.45) is 17.4 Å². The van der Waals surface area contributed by atoms with E-state index in [2.05, 4.69) is 16.0 Å². The molecule has 1 rings (SSSR count). The van der Waals surface area contributed by atoms with E-state index in [-0.39, 0.29) is 25.3 Å². The third-order valence-electron chi connectivity index (χ3n) is 5.74. The van der Waals surface area contributed by atoms with E-state index in [1.165, 1.54) is 11.8 Å². The van der Waals surface area contributed by atoms with Crippen molar-refractivity contribution < 1.29 is 39.0 Å². The van der Waals surface area contributed by atoms with Gasteiger partial charge in [-0.25, -0.2) is 4.79 Å². The summed E-state index contributed by atoms with van der Waals surface area (Å²) in [6.45, 7) is 4.63. The Balaban J connectivity index is 2.78. The van der Waals surface area contributed by atoms with Gasteiger partial charge in [0.05, 0.1) is 12.6 Å². The number of carboxylic acid groups (broad SMARTS) is 1. The van der Waals surface area contributed by atoms with Crippen LogP contribution in [0.2, 0.25) is 0 Å². The summed E-state index contributed by atoms with van der Waals surface area (Å²) in [5.41, 5.74) is 10.9. The van der Waals surface area contributed by atoms with Crippen LogP contribution in [0, 0.1) is 5.92 Å². The first-order valence-electron chi connectivity index (χ1n) is 11.9. The average Bonchev–Trinajstić information content (AvgIpc) is 3.28. The molecule has 0 unspecified atom stereocenters. The smallest absolute Gasteiger partial charge is 0.326 e. The molecule has 1 saturated heterocycles. The Kier molecular flexibility index (Phi) is 12.3. The molecule has 0 aromatic heterocycles. The van der Waals surface area contributed by atoms with E-state index in [0.29, 0.717) is 19.3 Å². The maximum absolute atomic E-state index is 13.0. The Morgan fingerprint density at radius 2 is 1.61 bits per heavy atom. The Hall–Kier alpha value is -3.26. The predicted molar refractivity (Wildman–Crippen MR) is 127 cm³/mol. The first-order chi connectivity index (χ1) is 16.8. The first kappa shape index (κ1) is 30.8. The first-order valence-corrected chi connectivity index (χ1v) is 11.9. The molecule has 5 atom stereocenters. The van der Waals surface area contributed by atoms with Gasteiger partial charge >= 0.3 is 5.97 Å². The lowest BCUT2D eigenvalue weighted by atomic mass is 10.0. The maximum atomic E-state index is 13.0. The van der Waals surface area contributed by atoms with Crippen LogP contribution in [0.3, 0.4) is 0 Å². The van der Waals surface area contributed by atoms with Crippen LogP contribution in [0.5, 0.6) is 0 Å². The molecular formula is C22H38N6O8. The van der Waals surface area contributed by atoms with Crippen LogP contribution in [-0.4, -0.2) is 94.0 Å². The number of nitrogens with two attached hydrogens (primary N) is 2. The molecule has 0 aromatic carbocycles. The van der Waals surface area contributed by atoms with Crippen LogP contribution >= 0.6 is 0 Å². The molecule has 1 heterocycles. The average molecular weight is 515 g/mol. The number of amides is 5. The standard InChI is InChI=1S/C22H38N6O8/c1-11(2)9-13(23)19(32)27-15(10-29)21(34)28-8-4-5-16(28)20(33)25-12(3)18(31)26-14(22(35)36)6-7-17(24)30/h11-16,29H,4-10,23H2,1-3H3,(H2,24,30)(H,25,33)(H,26,31)(H,27,32)(H,35,36)/t12-,13-,14-,15-,16-/m0/s1. The van der Waals surface area contributed by atoms with E-state index < -0.39 is 72.3 Å². The van der Waals surface area contributed by atoms with Crippen LogP contribution < -0.4 is 27.4 Å². The van der Waals surface area contributed by atoms with Crippen molar-refractivity contribution in [3.63, 3.8) is 0 Å². The molecule has 0 aliphatic carbocycles. The summed E-state index contributed by atoms with van der Waals surface area (Å²) in [6, 6.07) is -5.61. The minimum atomic E-state index is -1.37. The van der Waals surface area contributed by atoms with Gasteiger partial charge in [0.2, 0.25) is 29.5 Å². The van der Waals surface area contributed by atoms with Crippen molar-refractivity contribution in [3.05, 3.63) is 0 Å². The Morgan fingerprint density at radius 3 is 2.14 bits per heavy atom. The number of hydrogen-bond acceptors (Lipinski definition) is 8. The topological polar surface area (TPSA) is 234 Å². The van der Waals surface area contributed by atoms with Gasteiger partial charge in [-0.1, -0.05) is 13.8 Å². The highest BCUT2D eigenvalue weighted by molar-refractivity contribution is 5.95. The van der Waals surface area contributed by atoms with Crippen LogP contribution in [0.15, 0.2) is 0 Å². The number of nitrogens with one attached hydrogen (secondary N) is 3. The molecule has 36 heavy (non-hydrogen) atoms. The minimum Gasteiger partial charge on any atom is -0.480 e. The van der Waals surface area contributed by atoms with Gasteiger partial charge in [0.15, 0.2) is 0 Å². The Morgan fingerprint density at radius 1 is 1.00 bits per heavy atom. The second-order valence-electron chi connectivity index (χ2n) is 9.30. The highest BCUT2D eigenvalue weighted by atomic mass is 16.4. The number of aliphatic hydroxyl groups is 1. The molecule has 14 nitrogen and oxygen atoms in total. The van der Waals surface area contributed by atoms with Gasteiger partial charge in [-0.2, -0.15) is 0 Å². The molecule has 0 saturated carbocycles. The Bertz CT molecular complexity index is 835. The van der Waals surface area contributed by atoms with Crippen LogP contribution in [0.1, 0.15) is 52.9 Å². The zero-order valence-electron chi connectivity index (χ0n) is 20.9. The zero-order valence-corrected chi connectivity index (χ0v) is 20.9. The molecule has 14 heteroatoms. The third kappa shape index (κ3) is 9.41. The molecule has 1 aliphatic heterocycles. The fourth-order valence-corrected chi connectivity index (χ4v) is 3.80. The molecule has 0 aromatic rings. The van der Waals surface area contributed by atoms with Crippen molar-refractivity contribution in [2.45, 2.75) is 83.1 Å². The zero-order chi connectivity index (χ0) is 27.6. The third-order valence-corrected chi connectivity index (χ3v) is 5.74. The van der Waals surface area contributed by atoms with Crippen molar-refractivity contribution in [1.29, 1.82) is 0 Å². The summed E-state index contributed by atoms with van der Waals surface area (Å²) in [7, 11) is 0. The SMILES string of the molecule is CC(C)C[C@H](N)C(=O)N[C@@H](CO)C(=O)N1CCC[C@H]1C(=O)N[C@@H](C)C(=O)N[C@@H](CCC(N)=O)C(=O)O. The molecule has 204 valence electrons. The molecule has 1 fully saturated rings. The lowest BCUT2D eigenvalue weighted by molar-refractivity contribution is -0.144. The lowest BCUT2D eigenvalue weighted by Crippen LogP contribution is -2.58. The number of hydrogen-bond donors (Lipinski definition) is 7. The number of rotatable bonds is 14. The number of aliphatic carboxylic acids is 1. The molecule has 5 amide bonds. The van der Waals surface area contributed by atoms with Crippen LogP contribution in [0.25, 0.3) is 0 Å². The van der Waals surface area contributed by atoms with E-state index in [9.17, 15) is 39.0 Å². The number of carboxylic acids is 1. The van der Waals surface area contributed by atoms with Gasteiger partial charge in [-0.3, -0.25) is 24.0 Å². The summed E-state index contributed by atoms with van der Waals surface area (Å²) < 4.78 is 0. The lowest BCUT2D eigenvalue weighted by Gasteiger charge is -2.29. The Labute approximate surface area is 209 Å². The fourth-order valence-electron chi connectivity index (χ4n) is 3.80. The molecule has 0 bridgehead atoms. The summed E-state index contributed by atoms with van der Waals surface area (Å²) in [5, 5.41) is 26.0. The van der Waals surface area contributed by atoms with Gasteiger partial charge < -0.3 is 42.5 Å². The van der Waals surface area contributed by atoms with Gasteiger partial charge in [-0.15, -0.1) is 0 Å². The number of carbonyl (C=O) groups is 6. The molecule has 9 N–H and O–H groups in total. The van der Waals surface area contributed by atoms with E-state index >= 15 is 0 Å². The highest BCUT2D eigenvalue weighted by Crippen LogP contribution is 2.19. The fraction of sp³-hybridized carbons (Fsp3) is 0.727. The normalized spacial score (nSPS) is 18.6. The summed E-state index contributed by atoms with van der Waals surface area (Å²) in [5.74, 6) is -4.62. The van der Waals surface area contributed by atoms with Gasteiger partial charge in [-0.05, 0) is 38.5 Å². The number of aliphatic hydroxyl groups excluding tert-OH is 1. The van der Waals surface area contributed by atoms with Gasteiger partial charge in [0.1, 0.15) is 24.2 Å². The molecule has 0 spiro atoms. The summed E-state index contributed by atoms with van der Waals surface area (Å²) >= 11 is 0. The van der Waals surface area contributed by atoms with Gasteiger partial charge in [0, 0.05) is 13.0 Å². The molecule has 1 aliphatic rings. The monoisotopic (exact) mass is 514 g/mol. The second kappa shape index (κ2) is 14.3. The predicted octanol–water partition coefficient (Wildman–Crippen LogP) is -2.83. The highest BCUT2D eigenvalue weighted by Gasteiger charge is 2.38. The van der Waals surface area contributed by atoms with Gasteiger partial charge in [0.25, 0.3) is 0 Å². The van der Waals surface area contributed by atoms with E-state index in [4.69, 9.17) is 11.5 Å². The molecular weight excluding hydrogens is 476 g/mol. The van der Waals surface area contributed by atoms with E-state index in [0.717, 1.165) is 0 Å². The number of carbonyl (C=O) groups excluding carboxylic acids is 5. The number of nitrogens with zero attached hydrogens (tertiary/aromatic N) is 1. The van der Waals surface area contributed by atoms with E-state index in [1.807, 2.05) is 13.8 Å². The van der Waals surface area contributed by atoms with Crippen LogP contribution in [0.4, 0.5) is 0 Å². The van der Waals surface area contributed by atoms with Crippen LogP contribution in [-0.2, 0) is 28.8 Å². The van der Waals surface area contributed by atoms with Crippen molar-refractivity contribution in [1.82, 2.24) is 20.9 Å². The largest absolute Gasteiger partial charge is 0.480 e. The van der Waals surface area contributed by atoms with Crippen molar-refractivity contribution in [3.8, 4) is 0 Å².